The molecule has 21 heavy (non-hydrogen) atoms. The van der Waals surface area contributed by atoms with Crippen LogP contribution in [0, 0.1) is 5.92 Å². The summed E-state index contributed by atoms with van der Waals surface area (Å²) in [6, 6.07) is 0. The Hall–Kier alpha value is -1.33. The van der Waals surface area contributed by atoms with Gasteiger partial charge in [-0.25, -0.2) is 0 Å². The minimum Gasteiger partial charge on any atom is -0.294 e. The van der Waals surface area contributed by atoms with E-state index >= 15 is 0 Å². The molecule has 0 aromatic carbocycles. The van der Waals surface area contributed by atoms with Gasteiger partial charge in [0.25, 0.3) is 0 Å². The summed E-state index contributed by atoms with van der Waals surface area (Å²) in [7, 11) is 1.92. The van der Waals surface area contributed by atoms with Gasteiger partial charge >= 0.3 is 0 Å². The number of hydrogen-bond acceptors (Lipinski definition) is 5. The SMILES string of the molecule is CNC1(C)C=CC2=C(C=N1)N1C=CC(C)(C(C)C)N=C1S2. The Morgan fingerprint density at radius 2 is 2.05 bits per heavy atom. The molecule has 0 saturated heterocycles. The molecule has 2 atom stereocenters. The van der Waals surface area contributed by atoms with E-state index in [4.69, 9.17) is 4.99 Å². The number of likely N-dealkylation sites (N-methyl/N-ethyl adjacent to an activating group) is 1. The first kappa shape index (κ1) is 14.6. The molecule has 5 heteroatoms. The van der Waals surface area contributed by atoms with Gasteiger partial charge in [-0.2, -0.15) is 0 Å². The lowest BCUT2D eigenvalue weighted by Crippen LogP contribution is -2.36. The predicted octanol–water partition coefficient (Wildman–Crippen LogP) is 3.12. The minimum atomic E-state index is -0.339. The molecule has 0 amide bonds. The number of allylic oxidation sites excluding steroid dienone is 2. The molecule has 0 aromatic heterocycles. The molecule has 0 saturated carbocycles. The number of aliphatic imine (C=N–C) groups is 2. The van der Waals surface area contributed by atoms with Gasteiger partial charge in [0.15, 0.2) is 5.17 Å². The molecule has 0 fully saturated rings. The molecule has 4 nitrogen and oxygen atoms in total. The third-order valence-electron chi connectivity index (χ3n) is 4.51. The second-order valence-corrected chi connectivity index (χ2v) is 7.31. The average Bonchev–Trinajstić information content (AvgIpc) is 2.70. The van der Waals surface area contributed by atoms with E-state index in [1.165, 1.54) is 4.91 Å². The van der Waals surface area contributed by atoms with Crippen molar-refractivity contribution in [2.75, 3.05) is 7.05 Å². The van der Waals surface area contributed by atoms with E-state index in [-0.39, 0.29) is 11.2 Å². The summed E-state index contributed by atoms with van der Waals surface area (Å²) in [6.07, 6.45) is 10.5. The van der Waals surface area contributed by atoms with Gasteiger partial charge in [-0.15, -0.1) is 0 Å². The van der Waals surface area contributed by atoms with E-state index in [1.807, 2.05) is 13.3 Å². The van der Waals surface area contributed by atoms with Gasteiger partial charge in [0.1, 0.15) is 5.66 Å². The number of fused-ring (bicyclic) bond motifs is 2. The highest BCUT2D eigenvalue weighted by molar-refractivity contribution is 8.17. The van der Waals surface area contributed by atoms with Gasteiger partial charge in [0.2, 0.25) is 0 Å². The molecule has 3 aliphatic rings. The van der Waals surface area contributed by atoms with Crippen molar-refractivity contribution in [3.05, 3.63) is 35.0 Å². The molecular formula is C16H22N4S. The van der Waals surface area contributed by atoms with Gasteiger partial charge < -0.3 is 0 Å². The second kappa shape index (κ2) is 4.85. The fourth-order valence-electron chi connectivity index (χ4n) is 2.30. The Kier molecular flexibility index (Phi) is 3.37. The summed E-state index contributed by atoms with van der Waals surface area (Å²) in [5, 5.41) is 4.27. The van der Waals surface area contributed by atoms with Crippen LogP contribution in [0.4, 0.5) is 0 Å². The smallest absolute Gasteiger partial charge is 0.173 e. The summed E-state index contributed by atoms with van der Waals surface area (Å²) in [5.41, 5.74) is 0.647. The topological polar surface area (TPSA) is 40.0 Å². The van der Waals surface area contributed by atoms with Crippen molar-refractivity contribution >= 4 is 23.1 Å². The molecule has 0 radical (unpaired) electrons. The van der Waals surface area contributed by atoms with E-state index in [0.717, 1.165) is 10.9 Å². The van der Waals surface area contributed by atoms with Crippen LogP contribution in [0.5, 0.6) is 0 Å². The van der Waals surface area contributed by atoms with Gasteiger partial charge in [-0.1, -0.05) is 13.8 Å². The number of rotatable bonds is 2. The third-order valence-corrected chi connectivity index (χ3v) is 5.54. The normalized spacial score (nSPS) is 34.2. The molecule has 0 bridgehead atoms. The van der Waals surface area contributed by atoms with Crippen LogP contribution < -0.4 is 5.32 Å². The largest absolute Gasteiger partial charge is 0.294 e. The number of thioether (sulfide) groups is 1. The van der Waals surface area contributed by atoms with Gasteiger partial charge in [-0.05, 0) is 56.8 Å². The van der Waals surface area contributed by atoms with Crippen molar-refractivity contribution in [1.29, 1.82) is 0 Å². The number of hydrogen-bond donors (Lipinski definition) is 1. The zero-order valence-corrected chi connectivity index (χ0v) is 14.0. The number of nitrogens with zero attached hydrogens (tertiary/aromatic N) is 3. The summed E-state index contributed by atoms with van der Waals surface area (Å²) in [6.45, 7) is 8.66. The molecule has 0 aliphatic carbocycles. The highest BCUT2D eigenvalue weighted by atomic mass is 32.2. The monoisotopic (exact) mass is 302 g/mol. The average molecular weight is 302 g/mol. The third kappa shape index (κ3) is 2.38. The standard InChI is InChI=1S/C16H22N4S/c1-11(2)15(3)8-9-20-12-10-18-16(4,17-5)7-6-13(12)21-14(20)19-15/h6-11,17H,1-5H3. The van der Waals surface area contributed by atoms with Crippen molar-refractivity contribution in [3.8, 4) is 0 Å². The van der Waals surface area contributed by atoms with Gasteiger partial charge in [-0.3, -0.25) is 20.2 Å². The van der Waals surface area contributed by atoms with Crippen molar-refractivity contribution in [2.24, 2.45) is 15.9 Å². The molecule has 3 aliphatic heterocycles. The summed E-state index contributed by atoms with van der Waals surface area (Å²) >= 11 is 1.72. The molecule has 2 unspecified atom stereocenters. The highest BCUT2D eigenvalue weighted by Crippen LogP contribution is 2.41. The van der Waals surface area contributed by atoms with Crippen LogP contribution in [-0.2, 0) is 0 Å². The van der Waals surface area contributed by atoms with Gasteiger partial charge in [0, 0.05) is 17.3 Å². The molecule has 0 aromatic rings. The van der Waals surface area contributed by atoms with Crippen LogP contribution in [0.25, 0.3) is 0 Å². The van der Waals surface area contributed by atoms with E-state index in [0.29, 0.717) is 5.92 Å². The molecule has 0 spiro atoms. The summed E-state index contributed by atoms with van der Waals surface area (Å²) in [5.74, 6) is 0.473. The Bertz CT molecular complexity index is 614. The quantitative estimate of drug-likeness (QED) is 0.852. The van der Waals surface area contributed by atoms with Crippen LogP contribution in [-0.4, -0.2) is 34.5 Å². The van der Waals surface area contributed by atoms with Crippen LogP contribution >= 0.6 is 11.8 Å². The van der Waals surface area contributed by atoms with Crippen molar-refractivity contribution in [1.82, 2.24) is 10.2 Å². The summed E-state index contributed by atoms with van der Waals surface area (Å²) in [4.78, 5) is 12.9. The maximum Gasteiger partial charge on any atom is 0.173 e. The van der Waals surface area contributed by atoms with Crippen LogP contribution in [0.1, 0.15) is 27.7 Å². The zero-order chi connectivity index (χ0) is 15.3. The lowest BCUT2D eigenvalue weighted by molar-refractivity contribution is 0.408. The predicted molar refractivity (Wildman–Crippen MR) is 91.4 cm³/mol. The number of nitrogens with one attached hydrogen (secondary N) is 1. The van der Waals surface area contributed by atoms with Crippen LogP contribution in [0.3, 0.4) is 0 Å². The van der Waals surface area contributed by atoms with E-state index in [9.17, 15) is 0 Å². The van der Waals surface area contributed by atoms with E-state index in [1.54, 1.807) is 11.8 Å². The molecule has 3 rings (SSSR count). The first-order chi connectivity index (χ1) is 9.87. The Balaban J connectivity index is 1.94. The minimum absolute atomic E-state index is 0.121. The highest BCUT2D eigenvalue weighted by Gasteiger charge is 2.36. The Morgan fingerprint density at radius 1 is 1.29 bits per heavy atom. The molecule has 112 valence electrons. The molecule has 1 N–H and O–H groups in total. The maximum atomic E-state index is 4.95. The lowest BCUT2D eigenvalue weighted by Gasteiger charge is -2.32. The van der Waals surface area contributed by atoms with E-state index < -0.39 is 0 Å². The van der Waals surface area contributed by atoms with Crippen LogP contribution in [0.2, 0.25) is 0 Å². The lowest BCUT2D eigenvalue weighted by atomic mass is 9.88. The van der Waals surface area contributed by atoms with Crippen molar-refractivity contribution in [2.45, 2.75) is 38.9 Å². The van der Waals surface area contributed by atoms with Crippen molar-refractivity contribution in [3.63, 3.8) is 0 Å². The van der Waals surface area contributed by atoms with Crippen LogP contribution in [0.15, 0.2) is 45.0 Å². The first-order valence-corrected chi connectivity index (χ1v) is 8.12. The zero-order valence-electron chi connectivity index (χ0n) is 13.2. The van der Waals surface area contributed by atoms with Gasteiger partial charge in [0.05, 0.1) is 11.2 Å². The fourth-order valence-corrected chi connectivity index (χ4v) is 3.39. The maximum absolute atomic E-state index is 4.95. The molecular weight excluding hydrogens is 280 g/mol. The van der Waals surface area contributed by atoms with Crippen molar-refractivity contribution < 1.29 is 0 Å². The fraction of sp³-hybridized carbons (Fsp3) is 0.500. The number of amidine groups is 1. The second-order valence-electron chi connectivity index (χ2n) is 6.30. The first-order valence-electron chi connectivity index (χ1n) is 7.31. The summed E-state index contributed by atoms with van der Waals surface area (Å²) < 4.78 is 0. The van der Waals surface area contributed by atoms with E-state index in [2.05, 4.69) is 67.3 Å². The Labute approximate surface area is 130 Å². The Morgan fingerprint density at radius 3 is 2.71 bits per heavy atom. The molecule has 3 heterocycles.